The van der Waals surface area contributed by atoms with E-state index >= 15 is 0 Å². The lowest BCUT2D eigenvalue weighted by molar-refractivity contribution is 0.0598. The maximum Gasteiger partial charge on any atom is 0.169 e. The van der Waals surface area contributed by atoms with E-state index in [2.05, 4.69) is 25.8 Å². The van der Waals surface area contributed by atoms with E-state index in [0.717, 1.165) is 23.1 Å². The van der Waals surface area contributed by atoms with Crippen LogP contribution in [-0.2, 0) is 11.3 Å². The Morgan fingerprint density at radius 3 is 2.44 bits per heavy atom. The molecule has 0 unspecified atom stereocenters. The van der Waals surface area contributed by atoms with Crippen molar-refractivity contribution in [2.75, 3.05) is 6.61 Å². The van der Waals surface area contributed by atoms with E-state index < -0.39 is 0 Å². The maximum atomic E-state index is 12.1. The van der Waals surface area contributed by atoms with Crippen LogP contribution in [0.3, 0.4) is 0 Å². The summed E-state index contributed by atoms with van der Waals surface area (Å²) in [5, 5.41) is 0. The van der Waals surface area contributed by atoms with Crippen molar-refractivity contribution >= 4 is 12.1 Å². The fourth-order valence-electron chi connectivity index (χ4n) is 2.58. The van der Waals surface area contributed by atoms with Gasteiger partial charge in [-0.1, -0.05) is 39.0 Å². The van der Waals surface area contributed by atoms with E-state index in [1.54, 1.807) is 0 Å². The second-order valence-corrected chi connectivity index (χ2v) is 7.49. The van der Waals surface area contributed by atoms with Crippen LogP contribution in [0.2, 0.25) is 0 Å². The van der Waals surface area contributed by atoms with Gasteiger partial charge in [0.1, 0.15) is 5.69 Å². The lowest BCUT2D eigenvalue weighted by Crippen LogP contribution is -2.14. The molecule has 4 nitrogen and oxygen atoms in total. The Kier molecular flexibility index (Phi) is 5.85. The van der Waals surface area contributed by atoms with E-state index in [1.165, 1.54) is 6.92 Å². The smallest absolute Gasteiger partial charge is 0.169 e. The lowest BCUT2D eigenvalue weighted by atomic mass is 9.94. The standard InChI is InChI=1S/C21H25NO3/c1-14-6-8-18(20(11-23)22-14)17-9-7-16(10-19(17)15(2)24)12-25-13-21(3,4)5/h6-11H,12-13H2,1-5H3. The molecule has 0 radical (unpaired) electrons. The highest BCUT2D eigenvalue weighted by Gasteiger charge is 2.15. The number of rotatable bonds is 6. The predicted octanol–water partition coefficient (Wildman–Crippen LogP) is 4.63. The number of nitrogens with zero attached hydrogens (tertiary/aromatic N) is 1. The van der Waals surface area contributed by atoms with Gasteiger partial charge in [0, 0.05) is 16.8 Å². The summed E-state index contributed by atoms with van der Waals surface area (Å²) in [4.78, 5) is 27.8. The third kappa shape index (κ3) is 5.07. The number of aromatic nitrogens is 1. The molecule has 25 heavy (non-hydrogen) atoms. The summed E-state index contributed by atoms with van der Waals surface area (Å²) in [6, 6.07) is 9.32. The molecule has 0 atom stereocenters. The van der Waals surface area contributed by atoms with Crippen LogP contribution in [0, 0.1) is 12.3 Å². The molecule has 1 aromatic carbocycles. The van der Waals surface area contributed by atoms with Crippen molar-refractivity contribution in [1.29, 1.82) is 0 Å². The molecule has 0 N–H and O–H groups in total. The maximum absolute atomic E-state index is 12.1. The van der Waals surface area contributed by atoms with Gasteiger partial charge in [0.15, 0.2) is 12.1 Å². The van der Waals surface area contributed by atoms with Crippen LogP contribution in [0.5, 0.6) is 0 Å². The van der Waals surface area contributed by atoms with Gasteiger partial charge < -0.3 is 4.74 Å². The number of aldehydes is 1. The van der Waals surface area contributed by atoms with E-state index in [-0.39, 0.29) is 11.2 Å². The summed E-state index contributed by atoms with van der Waals surface area (Å²) in [5.41, 5.74) is 4.11. The fourth-order valence-corrected chi connectivity index (χ4v) is 2.58. The Bertz CT molecular complexity index is 788. The molecular weight excluding hydrogens is 314 g/mol. The van der Waals surface area contributed by atoms with Crippen LogP contribution in [-0.4, -0.2) is 23.7 Å². The van der Waals surface area contributed by atoms with E-state index in [1.807, 2.05) is 37.3 Å². The summed E-state index contributed by atoms with van der Waals surface area (Å²) in [5.74, 6) is -0.0508. The minimum Gasteiger partial charge on any atom is -0.376 e. The number of benzene rings is 1. The van der Waals surface area contributed by atoms with Gasteiger partial charge in [-0.2, -0.15) is 0 Å². The monoisotopic (exact) mass is 339 g/mol. The number of carbonyl (C=O) groups is 2. The van der Waals surface area contributed by atoms with Crippen molar-refractivity contribution in [3.63, 3.8) is 0 Å². The van der Waals surface area contributed by atoms with Gasteiger partial charge in [-0.25, -0.2) is 4.98 Å². The first kappa shape index (κ1) is 19.0. The highest BCUT2D eigenvalue weighted by Crippen LogP contribution is 2.28. The second kappa shape index (κ2) is 7.70. The number of aryl methyl sites for hydroxylation is 1. The molecule has 2 rings (SSSR count). The first-order chi connectivity index (χ1) is 11.7. The first-order valence-electron chi connectivity index (χ1n) is 8.36. The van der Waals surface area contributed by atoms with Crippen LogP contribution in [0.4, 0.5) is 0 Å². The molecule has 0 spiro atoms. The van der Waals surface area contributed by atoms with Crippen molar-refractivity contribution < 1.29 is 14.3 Å². The lowest BCUT2D eigenvalue weighted by Gasteiger charge is -2.18. The summed E-state index contributed by atoms with van der Waals surface area (Å²) in [6.07, 6.45) is 0.729. The van der Waals surface area contributed by atoms with Gasteiger partial charge in [0.05, 0.1) is 13.2 Å². The molecule has 0 bridgehead atoms. The van der Waals surface area contributed by atoms with Crippen molar-refractivity contribution in [1.82, 2.24) is 4.98 Å². The molecule has 4 heteroatoms. The number of hydrogen-bond acceptors (Lipinski definition) is 4. The Hall–Kier alpha value is -2.33. The van der Waals surface area contributed by atoms with E-state index in [9.17, 15) is 9.59 Å². The number of carbonyl (C=O) groups excluding carboxylic acids is 2. The van der Waals surface area contributed by atoms with Crippen LogP contribution in [0.15, 0.2) is 30.3 Å². The number of ether oxygens (including phenoxy) is 1. The van der Waals surface area contributed by atoms with Crippen LogP contribution in [0.25, 0.3) is 11.1 Å². The summed E-state index contributed by atoms with van der Waals surface area (Å²) in [6.45, 7) is 10.8. The minimum absolute atomic E-state index is 0.0508. The molecule has 132 valence electrons. The van der Waals surface area contributed by atoms with Crippen LogP contribution < -0.4 is 0 Å². The molecule has 0 aliphatic carbocycles. The molecule has 0 fully saturated rings. The normalized spacial score (nSPS) is 11.4. The van der Waals surface area contributed by atoms with Crippen LogP contribution in [0.1, 0.15) is 59.8 Å². The number of ketones is 1. The van der Waals surface area contributed by atoms with Gasteiger partial charge >= 0.3 is 0 Å². The highest BCUT2D eigenvalue weighted by atomic mass is 16.5. The van der Waals surface area contributed by atoms with Crippen LogP contribution >= 0.6 is 0 Å². The van der Waals surface area contributed by atoms with Gasteiger partial charge in [-0.15, -0.1) is 0 Å². The molecule has 0 saturated heterocycles. The zero-order valence-electron chi connectivity index (χ0n) is 15.6. The molecule has 0 aliphatic heterocycles. The average molecular weight is 339 g/mol. The summed E-state index contributed by atoms with van der Waals surface area (Å²) in [7, 11) is 0. The van der Waals surface area contributed by atoms with Crippen molar-refractivity contribution in [2.45, 2.75) is 41.2 Å². The van der Waals surface area contributed by atoms with Crippen molar-refractivity contribution in [2.24, 2.45) is 5.41 Å². The van der Waals surface area contributed by atoms with E-state index in [0.29, 0.717) is 30.0 Å². The summed E-state index contributed by atoms with van der Waals surface area (Å²) >= 11 is 0. The summed E-state index contributed by atoms with van der Waals surface area (Å²) < 4.78 is 5.75. The SMILES string of the molecule is CC(=O)c1cc(COCC(C)(C)C)ccc1-c1ccc(C)nc1C=O. The van der Waals surface area contributed by atoms with Gasteiger partial charge in [0.25, 0.3) is 0 Å². The molecule has 1 aromatic heterocycles. The zero-order valence-corrected chi connectivity index (χ0v) is 15.6. The highest BCUT2D eigenvalue weighted by molar-refractivity contribution is 6.02. The zero-order chi connectivity index (χ0) is 18.6. The first-order valence-corrected chi connectivity index (χ1v) is 8.36. The minimum atomic E-state index is -0.0508. The van der Waals surface area contributed by atoms with E-state index in [4.69, 9.17) is 4.74 Å². The Labute approximate surface area is 149 Å². The largest absolute Gasteiger partial charge is 0.376 e. The van der Waals surface area contributed by atoms with Crippen molar-refractivity contribution in [3.8, 4) is 11.1 Å². The average Bonchev–Trinajstić information content (AvgIpc) is 2.53. The quantitative estimate of drug-likeness (QED) is 0.568. The third-order valence-corrected chi connectivity index (χ3v) is 3.73. The Morgan fingerprint density at radius 1 is 1.16 bits per heavy atom. The number of pyridine rings is 1. The van der Waals surface area contributed by atoms with Gasteiger partial charge in [-0.3, -0.25) is 9.59 Å². The Morgan fingerprint density at radius 2 is 1.84 bits per heavy atom. The molecule has 2 aromatic rings. The van der Waals surface area contributed by atoms with Gasteiger partial charge in [0.2, 0.25) is 0 Å². The topological polar surface area (TPSA) is 56.3 Å². The third-order valence-electron chi connectivity index (χ3n) is 3.73. The molecular formula is C21H25NO3. The van der Waals surface area contributed by atoms with Crippen molar-refractivity contribution in [3.05, 3.63) is 52.8 Å². The number of hydrogen-bond donors (Lipinski definition) is 0. The second-order valence-electron chi connectivity index (χ2n) is 7.49. The predicted molar refractivity (Wildman–Crippen MR) is 98.9 cm³/mol. The Balaban J connectivity index is 2.37. The molecule has 0 saturated carbocycles. The molecule has 1 heterocycles. The van der Waals surface area contributed by atoms with Gasteiger partial charge in [-0.05, 0) is 42.5 Å². The fraction of sp³-hybridized carbons (Fsp3) is 0.381. The molecule has 0 amide bonds. The number of Topliss-reactive ketones (excluding diaryl/α,β-unsaturated/α-hetero) is 1. The molecule has 0 aliphatic rings.